The Labute approximate surface area is 176 Å². The van der Waals surface area contributed by atoms with Gasteiger partial charge in [0.2, 0.25) is 0 Å². The molecular weight excluding hydrogens is 416 g/mol. The van der Waals surface area contributed by atoms with E-state index in [4.69, 9.17) is 26.8 Å². The summed E-state index contributed by atoms with van der Waals surface area (Å²) in [5, 5.41) is 0.213. The zero-order valence-electron chi connectivity index (χ0n) is 15.2. The Kier molecular flexibility index (Phi) is 6.79. The van der Waals surface area contributed by atoms with Crippen molar-refractivity contribution in [1.82, 2.24) is 4.90 Å². The fraction of sp³-hybridized carbons (Fsp3) is 0.150. The highest BCUT2D eigenvalue weighted by molar-refractivity contribution is 8.18. The van der Waals surface area contributed by atoms with E-state index >= 15 is 0 Å². The first-order valence-electron chi connectivity index (χ1n) is 8.58. The molecule has 7 nitrogen and oxygen atoms in total. The molecule has 0 unspecified atom stereocenters. The van der Waals surface area contributed by atoms with Gasteiger partial charge in [-0.05, 0) is 48.2 Å². The van der Waals surface area contributed by atoms with Gasteiger partial charge in [-0.1, -0.05) is 29.8 Å². The predicted molar refractivity (Wildman–Crippen MR) is 111 cm³/mol. The molecule has 0 saturated carbocycles. The van der Waals surface area contributed by atoms with E-state index in [2.05, 4.69) is 0 Å². The summed E-state index contributed by atoms with van der Waals surface area (Å²) in [7, 11) is 0. The lowest BCUT2D eigenvalue weighted by atomic mass is 10.2. The normalized spacial score (nSPS) is 15.1. The molecule has 1 saturated heterocycles. The van der Waals surface area contributed by atoms with Crippen LogP contribution in [0.3, 0.4) is 0 Å². The van der Waals surface area contributed by atoms with Crippen molar-refractivity contribution in [3.63, 3.8) is 0 Å². The van der Waals surface area contributed by atoms with Crippen LogP contribution in [0.4, 0.5) is 4.79 Å². The van der Waals surface area contributed by atoms with Crippen LogP contribution in [0.1, 0.15) is 5.56 Å². The Morgan fingerprint density at radius 2 is 1.83 bits per heavy atom. The molecule has 2 N–H and O–H groups in total. The third-order valence-corrected chi connectivity index (χ3v) is 5.01. The zero-order valence-corrected chi connectivity index (χ0v) is 16.7. The number of carbonyl (C=O) groups excluding carboxylic acids is 3. The van der Waals surface area contributed by atoms with Crippen molar-refractivity contribution in [1.29, 1.82) is 0 Å². The molecule has 1 heterocycles. The SMILES string of the molecule is NC(=O)COc1ccccc1/C=C1\SC(=O)N(CCOc2ccc(Cl)cc2)C1=O. The van der Waals surface area contributed by atoms with Crippen molar-refractivity contribution in [2.75, 3.05) is 19.8 Å². The van der Waals surface area contributed by atoms with Crippen LogP contribution >= 0.6 is 23.4 Å². The highest BCUT2D eigenvalue weighted by Crippen LogP contribution is 2.33. The molecule has 0 aliphatic carbocycles. The number of nitrogens with zero attached hydrogens (tertiary/aromatic N) is 1. The van der Waals surface area contributed by atoms with Gasteiger partial charge in [0.05, 0.1) is 11.4 Å². The number of halogens is 1. The number of carbonyl (C=O) groups is 3. The van der Waals surface area contributed by atoms with Crippen molar-refractivity contribution in [3.05, 3.63) is 64.0 Å². The first-order valence-corrected chi connectivity index (χ1v) is 9.77. The second-order valence-electron chi connectivity index (χ2n) is 5.93. The van der Waals surface area contributed by atoms with E-state index in [0.717, 1.165) is 16.7 Å². The summed E-state index contributed by atoms with van der Waals surface area (Å²) >= 11 is 6.66. The Morgan fingerprint density at radius 3 is 2.55 bits per heavy atom. The van der Waals surface area contributed by atoms with Crippen molar-refractivity contribution >= 4 is 46.5 Å². The van der Waals surface area contributed by atoms with Gasteiger partial charge in [0.15, 0.2) is 6.61 Å². The number of nitrogens with two attached hydrogens (primary N) is 1. The molecule has 0 atom stereocenters. The number of hydrogen-bond acceptors (Lipinski definition) is 6. The molecule has 1 aliphatic rings. The minimum absolute atomic E-state index is 0.116. The third kappa shape index (κ3) is 5.52. The molecule has 9 heteroatoms. The zero-order chi connectivity index (χ0) is 20.8. The summed E-state index contributed by atoms with van der Waals surface area (Å²) in [6.45, 7) is -0.00984. The molecule has 0 bridgehead atoms. The molecule has 0 radical (unpaired) electrons. The smallest absolute Gasteiger partial charge is 0.293 e. The molecular formula is C20H17ClN2O5S. The number of rotatable bonds is 8. The topological polar surface area (TPSA) is 98.9 Å². The molecule has 3 rings (SSSR count). The summed E-state index contributed by atoms with van der Waals surface area (Å²) in [5.74, 6) is -0.0353. The van der Waals surface area contributed by atoms with Gasteiger partial charge in [0.1, 0.15) is 18.1 Å². The predicted octanol–water partition coefficient (Wildman–Crippen LogP) is 3.32. The van der Waals surface area contributed by atoms with Gasteiger partial charge in [-0.2, -0.15) is 0 Å². The van der Waals surface area contributed by atoms with Crippen LogP contribution in [0.15, 0.2) is 53.4 Å². The van der Waals surface area contributed by atoms with Crippen molar-refractivity contribution < 1.29 is 23.9 Å². The van der Waals surface area contributed by atoms with E-state index in [1.807, 2.05) is 0 Å². The maximum atomic E-state index is 12.6. The van der Waals surface area contributed by atoms with Gasteiger partial charge >= 0.3 is 0 Å². The van der Waals surface area contributed by atoms with Crippen LogP contribution in [0, 0.1) is 0 Å². The number of primary amides is 1. The monoisotopic (exact) mass is 432 g/mol. The Morgan fingerprint density at radius 1 is 1.10 bits per heavy atom. The lowest BCUT2D eigenvalue weighted by Gasteiger charge is -2.13. The third-order valence-electron chi connectivity index (χ3n) is 3.85. The maximum Gasteiger partial charge on any atom is 0.293 e. The van der Waals surface area contributed by atoms with Gasteiger partial charge in [-0.25, -0.2) is 0 Å². The lowest BCUT2D eigenvalue weighted by Crippen LogP contribution is -2.32. The average molecular weight is 433 g/mol. The summed E-state index contributed by atoms with van der Waals surface area (Å²) in [5.41, 5.74) is 5.67. The number of ether oxygens (including phenoxy) is 2. The van der Waals surface area contributed by atoms with E-state index < -0.39 is 11.8 Å². The highest BCUT2D eigenvalue weighted by atomic mass is 35.5. The van der Waals surface area contributed by atoms with Gasteiger partial charge in [-0.15, -0.1) is 0 Å². The quantitative estimate of drug-likeness (QED) is 0.642. The minimum atomic E-state index is -0.610. The van der Waals surface area contributed by atoms with Crippen molar-refractivity contribution in [2.45, 2.75) is 0 Å². The molecule has 0 spiro atoms. The molecule has 1 fully saturated rings. The van der Waals surface area contributed by atoms with E-state index in [1.165, 1.54) is 0 Å². The average Bonchev–Trinajstić information content (AvgIpc) is 2.96. The van der Waals surface area contributed by atoms with E-state index in [9.17, 15) is 14.4 Å². The van der Waals surface area contributed by atoms with Crippen molar-refractivity contribution in [2.24, 2.45) is 5.73 Å². The molecule has 3 amide bonds. The fourth-order valence-electron chi connectivity index (χ4n) is 2.50. The van der Waals surface area contributed by atoms with Crippen LogP contribution in [0.2, 0.25) is 5.02 Å². The Bertz CT molecular complexity index is 962. The molecule has 2 aromatic rings. The van der Waals surface area contributed by atoms with E-state index in [1.54, 1.807) is 54.6 Å². The number of para-hydroxylation sites is 1. The van der Waals surface area contributed by atoms with Gasteiger partial charge < -0.3 is 15.2 Å². The standard InChI is InChI=1S/C20H17ClN2O5S/c21-14-5-7-15(8-6-14)27-10-9-23-19(25)17(29-20(23)26)11-13-3-1-2-4-16(13)28-12-18(22)24/h1-8,11H,9-10,12H2,(H2,22,24)/b17-11-. The number of hydrogen-bond donors (Lipinski definition) is 1. The molecule has 150 valence electrons. The summed E-state index contributed by atoms with van der Waals surface area (Å²) in [6, 6.07) is 13.7. The van der Waals surface area contributed by atoms with Crippen molar-refractivity contribution in [3.8, 4) is 11.5 Å². The van der Waals surface area contributed by atoms with Gasteiger partial charge in [-0.3, -0.25) is 19.3 Å². The second kappa shape index (κ2) is 9.49. The van der Waals surface area contributed by atoms with Gasteiger partial charge in [0, 0.05) is 10.6 Å². The first kappa shape index (κ1) is 20.8. The van der Waals surface area contributed by atoms with E-state index in [0.29, 0.717) is 22.1 Å². The number of amides is 3. The number of thioether (sulfide) groups is 1. The molecule has 2 aromatic carbocycles. The Balaban J connectivity index is 1.65. The molecule has 29 heavy (non-hydrogen) atoms. The summed E-state index contributed by atoms with van der Waals surface area (Å²) < 4.78 is 10.9. The first-order chi connectivity index (χ1) is 13.9. The fourth-order valence-corrected chi connectivity index (χ4v) is 3.48. The van der Waals surface area contributed by atoms with Gasteiger partial charge in [0.25, 0.3) is 17.1 Å². The summed E-state index contributed by atoms with van der Waals surface area (Å²) in [6.07, 6.45) is 1.56. The van der Waals surface area contributed by atoms with Crippen LogP contribution in [-0.4, -0.2) is 41.7 Å². The maximum absolute atomic E-state index is 12.6. The number of benzene rings is 2. The highest BCUT2D eigenvalue weighted by Gasteiger charge is 2.35. The van der Waals surface area contributed by atoms with Crippen LogP contribution in [-0.2, 0) is 9.59 Å². The molecule has 1 aliphatic heterocycles. The molecule has 0 aromatic heterocycles. The second-order valence-corrected chi connectivity index (χ2v) is 7.36. The van der Waals surface area contributed by atoms with Crippen LogP contribution in [0.5, 0.6) is 11.5 Å². The van der Waals surface area contributed by atoms with Crippen LogP contribution in [0.25, 0.3) is 6.08 Å². The minimum Gasteiger partial charge on any atom is -0.492 e. The lowest BCUT2D eigenvalue weighted by molar-refractivity contribution is -0.123. The number of imide groups is 1. The van der Waals surface area contributed by atoms with Crippen LogP contribution < -0.4 is 15.2 Å². The van der Waals surface area contributed by atoms with E-state index in [-0.39, 0.29) is 29.9 Å². The Hall–Kier alpha value is -2.97. The largest absolute Gasteiger partial charge is 0.492 e. The summed E-state index contributed by atoms with van der Waals surface area (Å²) in [4.78, 5) is 37.2.